The summed E-state index contributed by atoms with van der Waals surface area (Å²) in [5, 5.41) is 2.82. The highest BCUT2D eigenvalue weighted by molar-refractivity contribution is 6.10. The van der Waals surface area contributed by atoms with Crippen molar-refractivity contribution in [1.82, 2.24) is 9.80 Å². The third-order valence-corrected chi connectivity index (χ3v) is 4.85. The van der Waals surface area contributed by atoms with Crippen LogP contribution in [0.15, 0.2) is 18.2 Å². The zero-order chi connectivity index (χ0) is 19.3. The van der Waals surface area contributed by atoms with Gasteiger partial charge in [-0.3, -0.25) is 9.59 Å². The van der Waals surface area contributed by atoms with E-state index >= 15 is 0 Å². The first kappa shape index (κ1) is 20.0. The van der Waals surface area contributed by atoms with Crippen LogP contribution in [0.3, 0.4) is 0 Å². The van der Waals surface area contributed by atoms with Crippen LogP contribution >= 0.6 is 0 Å². The first-order valence-corrected chi connectivity index (χ1v) is 8.88. The average molecular weight is 363 g/mol. The van der Waals surface area contributed by atoms with Gasteiger partial charge in [0.25, 0.3) is 0 Å². The third kappa shape index (κ3) is 4.27. The van der Waals surface area contributed by atoms with Gasteiger partial charge < -0.3 is 24.6 Å². The second-order valence-electron chi connectivity index (χ2n) is 6.88. The van der Waals surface area contributed by atoms with Gasteiger partial charge in [-0.25, -0.2) is 0 Å². The van der Waals surface area contributed by atoms with Gasteiger partial charge in [-0.2, -0.15) is 0 Å². The number of likely N-dealkylation sites (N-methyl/N-ethyl adjacent to an activating group) is 1. The van der Waals surface area contributed by atoms with Crippen molar-refractivity contribution in [2.45, 2.75) is 20.8 Å². The van der Waals surface area contributed by atoms with E-state index in [0.29, 0.717) is 30.3 Å². The monoisotopic (exact) mass is 363 g/mol. The number of benzene rings is 1. The zero-order valence-corrected chi connectivity index (χ0v) is 16.3. The maximum absolute atomic E-state index is 12.9. The molecule has 2 amide bonds. The lowest BCUT2D eigenvalue weighted by Gasteiger charge is -2.37. The van der Waals surface area contributed by atoms with Crippen LogP contribution in [0.2, 0.25) is 0 Å². The van der Waals surface area contributed by atoms with E-state index in [9.17, 15) is 9.59 Å². The summed E-state index contributed by atoms with van der Waals surface area (Å²) in [7, 11) is 3.09. The van der Waals surface area contributed by atoms with Crippen LogP contribution in [0.4, 0.5) is 5.69 Å². The Balaban J connectivity index is 2.06. The van der Waals surface area contributed by atoms with E-state index in [1.807, 2.05) is 0 Å². The molecule has 0 saturated carbocycles. The molecule has 0 unspecified atom stereocenters. The number of anilines is 1. The Kier molecular flexibility index (Phi) is 6.47. The highest BCUT2D eigenvalue weighted by atomic mass is 16.5. The lowest BCUT2D eigenvalue weighted by atomic mass is 9.89. The van der Waals surface area contributed by atoms with E-state index in [1.165, 1.54) is 7.11 Å². The molecule has 1 saturated heterocycles. The van der Waals surface area contributed by atoms with Crippen molar-refractivity contribution in [3.05, 3.63) is 18.2 Å². The molecule has 0 aromatic heterocycles. The molecule has 0 bridgehead atoms. The van der Waals surface area contributed by atoms with Gasteiger partial charge in [-0.1, -0.05) is 6.92 Å². The smallest absolute Gasteiger partial charge is 0.239 e. The molecule has 0 atom stereocenters. The molecule has 2 rings (SSSR count). The van der Waals surface area contributed by atoms with Gasteiger partial charge >= 0.3 is 0 Å². The number of nitrogens with zero attached hydrogens (tertiary/aromatic N) is 2. The average Bonchev–Trinajstić information content (AvgIpc) is 2.67. The quantitative estimate of drug-likeness (QED) is 0.781. The van der Waals surface area contributed by atoms with Crippen LogP contribution < -0.4 is 14.8 Å². The van der Waals surface area contributed by atoms with Crippen LogP contribution in [-0.2, 0) is 9.59 Å². The van der Waals surface area contributed by atoms with Crippen molar-refractivity contribution in [3.8, 4) is 11.5 Å². The van der Waals surface area contributed by atoms with Gasteiger partial charge in [0.15, 0.2) is 11.5 Å². The minimum absolute atomic E-state index is 0.147. The standard InChI is InChI=1S/C19H29N3O4/c1-6-21-9-11-22(12-10-21)18(24)19(2,3)17(23)20-14-7-8-15(25-4)16(13-14)26-5/h7-8,13H,6,9-12H2,1-5H3,(H,20,23). The number of nitrogens with one attached hydrogen (secondary N) is 1. The minimum Gasteiger partial charge on any atom is -0.493 e. The van der Waals surface area contributed by atoms with E-state index in [-0.39, 0.29) is 11.8 Å². The minimum atomic E-state index is -1.15. The Bertz CT molecular complexity index is 652. The molecule has 1 aromatic rings. The molecular formula is C19H29N3O4. The Morgan fingerprint density at radius 3 is 2.23 bits per heavy atom. The number of hydrogen-bond acceptors (Lipinski definition) is 5. The first-order chi connectivity index (χ1) is 12.3. The highest BCUT2D eigenvalue weighted by Gasteiger charge is 2.40. The molecule has 0 aliphatic carbocycles. The SMILES string of the molecule is CCN1CCN(C(=O)C(C)(C)C(=O)Nc2ccc(OC)c(OC)c2)CC1. The lowest BCUT2D eigenvalue weighted by molar-refractivity contribution is -0.147. The Morgan fingerprint density at radius 1 is 1.08 bits per heavy atom. The summed E-state index contributed by atoms with van der Waals surface area (Å²) in [6.07, 6.45) is 0. The molecule has 144 valence electrons. The van der Waals surface area contributed by atoms with Gasteiger partial charge in [0, 0.05) is 37.9 Å². The summed E-state index contributed by atoms with van der Waals surface area (Å²) in [6, 6.07) is 5.12. The van der Waals surface area contributed by atoms with Crippen molar-refractivity contribution < 1.29 is 19.1 Å². The summed E-state index contributed by atoms with van der Waals surface area (Å²) >= 11 is 0. The van der Waals surface area contributed by atoms with Crippen molar-refractivity contribution in [2.24, 2.45) is 5.41 Å². The summed E-state index contributed by atoms with van der Waals surface area (Å²) < 4.78 is 10.4. The van der Waals surface area contributed by atoms with Gasteiger partial charge in [0.05, 0.1) is 14.2 Å². The van der Waals surface area contributed by atoms with Crippen LogP contribution in [-0.4, -0.2) is 68.6 Å². The van der Waals surface area contributed by atoms with Crippen LogP contribution in [0.5, 0.6) is 11.5 Å². The summed E-state index contributed by atoms with van der Waals surface area (Å²) in [5.41, 5.74) is -0.592. The fourth-order valence-corrected chi connectivity index (χ4v) is 2.96. The van der Waals surface area contributed by atoms with Gasteiger partial charge in [0.1, 0.15) is 5.41 Å². The lowest BCUT2D eigenvalue weighted by Crippen LogP contribution is -2.54. The Labute approximate surface area is 155 Å². The van der Waals surface area contributed by atoms with E-state index in [4.69, 9.17) is 9.47 Å². The van der Waals surface area contributed by atoms with Crippen LogP contribution in [0.1, 0.15) is 20.8 Å². The summed E-state index contributed by atoms with van der Waals surface area (Å²) in [4.78, 5) is 29.7. The number of ether oxygens (including phenoxy) is 2. The molecule has 0 radical (unpaired) electrons. The second-order valence-corrected chi connectivity index (χ2v) is 6.88. The van der Waals surface area contributed by atoms with Crippen LogP contribution in [0.25, 0.3) is 0 Å². The predicted molar refractivity (Wildman–Crippen MR) is 101 cm³/mol. The van der Waals surface area contributed by atoms with Gasteiger partial charge in [-0.05, 0) is 32.5 Å². The number of rotatable bonds is 6. The van der Waals surface area contributed by atoms with Crippen molar-refractivity contribution >= 4 is 17.5 Å². The first-order valence-electron chi connectivity index (χ1n) is 8.88. The Morgan fingerprint density at radius 2 is 1.69 bits per heavy atom. The van der Waals surface area contributed by atoms with Gasteiger partial charge in [-0.15, -0.1) is 0 Å². The predicted octanol–water partition coefficient (Wildman–Crippen LogP) is 1.83. The zero-order valence-electron chi connectivity index (χ0n) is 16.3. The fourth-order valence-electron chi connectivity index (χ4n) is 2.96. The molecule has 7 heteroatoms. The number of methoxy groups -OCH3 is 2. The van der Waals surface area contributed by atoms with Crippen molar-refractivity contribution in [2.75, 3.05) is 52.3 Å². The largest absolute Gasteiger partial charge is 0.493 e. The van der Waals surface area contributed by atoms with E-state index in [0.717, 1.165) is 19.6 Å². The molecular weight excluding hydrogens is 334 g/mol. The second kappa shape index (κ2) is 8.40. The van der Waals surface area contributed by atoms with E-state index in [2.05, 4.69) is 17.1 Å². The number of piperazine rings is 1. The number of hydrogen-bond donors (Lipinski definition) is 1. The third-order valence-electron chi connectivity index (χ3n) is 4.85. The molecule has 1 fully saturated rings. The fraction of sp³-hybridized carbons (Fsp3) is 0.579. The van der Waals surface area contributed by atoms with Crippen molar-refractivity contribution in [1.29, 1.82) is 0 Å². The molecule has 1 aliphatic rings. The van der Waals surface area contributed by atoms with Crippen molar-refractivity contribution in [3.63, 3.8) is 0 Å². The molecule has 1 N–H and O–H groups in total. The summed E-state index contributed by atoms with van der Waals surface area (Å²) in [5.74, 6) is 0.610. The molecule has 7 nitrogen and oxygen atoms in total. The maximum atomic E-state index is 12.9. The van der Waals surface area contributed by atoms with Gasteiger partial charge in [0.2, 0.25) is 11.8 Å². The molecule has 1 aromatic carbocycles. The summed E-state index contributed by atoms with van der Waals surface area (Å²) in [6.45, 7) is 9.41. The Hall–Kier alpha value is -2.28. The molecule has 26 heavy (non-hydrogen) atoms. The van der Waals surface area contributed by atoms with E-state index < -0.39 is 5.41 Å². The van der Waals surface area contributed by atoms with E-state index in [1.54, 1.807) is 44.1 Å². The molecule has 1 aliphatic heterocycles. The maximum Gasteiger partial charge on any atom is 0.239 e. The highest BCUT2D eigenvalue weighted by Crippen LogP contribution is 2.31. The topological polar surface area (TPSA) is 71.1 Å². The molecule has 0 spiro atoms. The number of carbonyl (C=O) groups excluding carboxylic acids is 2. The van der Waals surface area contributed by atoms with Crippen LogP contribution in [0, 0.1) is 5.41 Å². The number of carbonyl (C=O) groups is 2. The molecule has 1 heterocycles. The normalized spacial score (nSPS) is 15.5. The number of amides is 2.